The fraction of sp³-hybridized carbons (Fsp3) is 0.750. The third kappa shape index (κ3) is 5.19. The van der Waals surface area contributed by atoms with Gasteiger partial charge in [0, 0.05) is 75.2 Å². The summed E-state index contributed by atoms with van der Waals surface area (Å²) in [5, 5.41) is 29.7. The molecule has 7 rings (SSSR count). The molecule has 1 aliphatic heterocycles. The molecule has 5 saturated carbocycles. The van der Waals surface area contributed by atoms with Crippen molar-refractivity contribution < 1.29 is 53.1 Å². The predicted molar refractivity (Wildman–Crippen MR) is 194 cm³/mol. The number of anilines is 1. The molecule has 6 fully saturated rings. The first-order valence-corrected chi connectivity index (χ1v) is 19.4. The molecule has 1 saturated heterocycles. The van der Waals surface area contributed by atoms with Crippen LogP contribution < -0.4 is 11.1 Å². The minimum Gasteiger partial charge on any atom is -0.461 e. The second-order valence-corrected chi connectivity index (χ2v) is 17.2. The number of aliphatic hydroxyl groups is 2. The quantitative estimate of drug-likeness (QED) is 0.215. The van der Waals surface area contributed by atoms with Crippen LogP contribution >= 0.6 is 0 Å². The number of nitrogens with zero attached hydrogens (tertiary/aromatic N) is 1. The molecule has 7 bridgehead atoms. The molecule has 298 valence electrons. The van der Waals surface area contributed by atoms with E-state index in [0.29, 0.717) is 32.4 Å². The van der Waals surface area contributed by atoms with E-state index < -0.39 is 81.9 Å². The van der Waals surface area contributed by atoms with Crippen molar-refractivity contribution in [2.75, 3.05) is 46.3 Å². The molecule has 1 unspecified atom stereocenters. The summed E-state index contributed by atoms with van der Waals surface area (Å²) in [4.78, 5) is 53.9. The third-order valence-corrected chi connectivity index (χ3v) is 14.6. The molecule has 1 spiro atoms. The average Bonchev–Trinajstić information content (AvgIpc) is 3.54. The minimum atomic E-state index is -1.83. The van der Waals surface area contributed by atoms with Gasteiger partial charge < -0.3 is 44.9 Å². The number of nitrogens with one attached hydrogen (secondary N) is 1. The number of fused-ring (bicyclic) bond motifs is 2. The Labute approximate surface area is 316 Å². The summed E-state index contributed by atoms with van der Waals surface area (Å²) in [5.41, 5.74) is 0.695. The maximum absolute atomic E-state index is 14.0. The Morgan fingerprint density at radius 2 is 1.78 bits per heavy atom. The van der Waals surface area contributed by atoms with Crippen LogP contribution in [0.2, 0.25) is 0 Å². The van der Waals surface area contributed by atoms with Crippen LogP contribution in [0.15, 0.2) is 24.3 Å². The van der Waals surface area contributed by atoms with Crippen molar-refractivity contribution in [3.05, 3.63) is 29.8 Å². The molecule has 1 aromatic carbocycles. The number of likely N-dealkylation sites (N-methyl/N-ethyl adjacent to an activating group) is 1. The Hall–Kier alpha value is -3.14. The summed E-state index contributed by atoms with van der Waals surface area (Å²) in [6.45, 7) is 8.17. The van der Waals surface area contributed by atoms with Crippen molar-refractivity contribution in [3.8, 4) is 0 Å². The van der Waals surface area contributed by atoms with Gasteiger partial charge in [-0.25, -0.2) is 4.79 Å². The Morgan fingerprint density at radius 1 is 1.06 bits per heavy atom. The van der Waals surface area contributed by atoms with Gasteiger partial charge in [0.25, 0.3) is 0 Å². The van der Waals surface area contributed by atoms with Crippen LogP contribution in [0.3, 0.4) is 0 Å². The lowest BCUT2D eigenvalue weighted by Crippen LogP contribution is -2.82. The van der Waals surface area contributed by atoms with Crippen molar-refractivity contribution in [2.45, 2.75) is 101 Å². The van der Waals surface area contributed by atoms with E-state index in [1.807, 2.05) is 6.92 Å². The highest BCUT2D eigenvalue weighted by atomic mass is 16.6. The van der Waals surface area contributed by atoms with Crippen molar-refractivity contribution in [1.29, 1.82) is 0 Å². The number of benzene rings is 1. The second-order valence-electron chi connectivity index (χ2n) is 17.2. The lowest BCUT2D eigenvalue weighted by atomic mass is 9.42. The van der Waals surface area contributed by atoms with Crippen LogP contribution in [-0.2, 0) is 38.1 Å². The van der Waals surface area contributed by atoms with E-state index in [4.69, 9.17) is 29.4 Å². The first-order chi connectivity index (χ1) is 25.6. The van der Waals surface area contributed by atoms with Gasteiger partial charge in [-0.1, -0.05) is 39.8 Å². The van der Waals surface area contributed by atoms with Gasteiger partial charge in [0.1, 0.15) is 17.3 Å². The van der Waals surface area contributed by atoms with E-state index in [1.165, 1.54) is 0 Å². The third-order valence-electron chi connectivity index (χ3n) is 14.6. The number of hydrogen-bond acceptors (Lipinski definition) is 12. The molecule has 14 heteroatoms. The lowest BCUT2D eigenvalue weighted by Gasteiger charge is -2.70. The highest BCUT2D eigenvalue weighted by molar-refractivity contribution is 6.02. The Balaban J connectivity index is 1.29. The molecule has 6 aliphatic rings. The number of para-hydroxylation sites is 1. The highest BCUT2D eigenvalue weighted by Crippen LogP contribution is 2.80. The summed E-state index contributed by atoms with van der Waals surface area (Å²) in [6, 6.07) is 5.99. The summed E-state index contributed by atoms with van der Waals surface area (Å²) < 4.78 is 31.5. The van der Waals surface area contributed by atoms with E-state index in [9.17, 15) is 29.4 Å². The van der Waals surface area contributed by atoms with Crippen LogP contribution in [-0.4, -0.2) is 122 Å². The first-order valence-electron chi connectivity index (χ1n) is 19.4. The maximum Gasteiger partial charge on any atom is 0.340 e. The number of hydrogen-bond donors (Lipinski definition) is 4. The molecular weight excluding hydrogens is 698 g/mol. The van der Waals surface area contributed by atoms with E-state index in [1.54, 1.807) is 66.4 Å². The monoisotopic (exact) mass is 755 g/mol. The van der Waals surface area contributed by atoms with E-state index >= 15 is 0 Å². The molecule has 54 heavy (non-hydrogen) atoms. The van der Waals surface area contributed by atoms with Crippen molar-refractivity contribution >= 4 is 29.4 Å². The summed E-state index contributed by atoms with van der Waals surface area (Å²) >= 11 is 0. The van der Waals surface area contributed by atoms with Crippen LogP contribution in [0.4, 0.5) is 5.69 Å². The Bertz CT molecular complexity index is 1670. The van der Waals surface area contributed by atoms with Crippen molar-refractivity contribution in [2.24, 2.45) is 52.1 Å². The van der Waals surface area contributed by atoms with Crippen LogP contribution in [0.1, 0.15) is 70.2 Å². The summed E-state index contributed by atoms with van der Waals surface area (Å²) in [6.07, 6.45) is -0.566. The number of likely N-dealkylation sites (tertiary alicyclic amines) is 1. The molecule has 14 atom stereocenters. The number of rotatable bonds is 13. The van der Waals surface area contributed by atoms with Gasteiger partial charge in [-0.15, -0.1) is 0 Å². The van der Waals surface area contributed by atoms with Crippen molar-refractivity contribution in [3.63, 3.8) is 0 Å². The minimum absolute atomic E-state index is 0.0134. The number of carbonyl (C=O) groups excluding carboxylic acids is 4. The van der Waals surface area contributed by atoms with Gasteiger partial charge in [0.15, 0.2) is 0 Å². The normalized spacial score (nSPS) is 42.0. The number of piperidine rings is 1. The van der Waals surface area contributed by atoms with Crippen LogP contribution in [0, 0.1) is 46.3 Å². The van der Waals surface area contributed by atoms with Gasteiger partial charge >= 0.3 is 11.9 Å². The summed E-state index contributed by atoms with van der Waals surface area (Å²) in [7, 11) is 4.87. The second kappa shape index (κ2) is 13.8. The van der Waals surface area contributed by atoms with Gasteiger partial charge in [-0.2, -0.15) is 0 Å². The zero-order valence-corrected chi connectivity index (χ0v) is 32.4. The van der Waals surface area contributed by atoms with E-state index in [0.717, 1.165) is 0 Å². The van der Waals surface area contributed by atoms with E-state index in [-0.39, 0.29) is 60.5 Å². The molecular formula is C40H57N3O11. The molecule has 5 aliphatic carbocycles. The zero-order valence-electron chi connectivity index (χ0n) is 32.4. The number of ether oxygens (including phenoxy) is 5. The SMILES string of the molecule is CCN1C[C@]2(COC(=O)c3ccccc3NC(=O)C[C@H](C)C(N)=O)CC[C@H](OC)[C@]34C1[C@](O)([C@@H](OC)[C@H]23)[C@@]1(O)C[C@H](OC)[C@H]2C[C@@H]4[C@@H]1[C@H]2OC(=O)C(C)C. The van der Waals surface area contributed by atoms with Gasteiger partial charge in [-0.05, 0) is 43.9 Å². The van der Waals surface area contributed by atoms with Crippen LogP contribution in [0.5, 0.6) is 0 Å². The molecule has 1 heterocycles. The number of carbonyl (C=O) groups is 4. The summed E-state index contributed by atoms with van der Waals surface area (Å²) in [5.74, 6) is -4.60. The number of nitrogens with two attached hydrogens (primary N) is 1. The van der Waals surface area contributed by atoms with Crippen molar-refractivity contribution in [1.82, 2.24) is 4.90 Å². The average molecular weight is 756 g/mol. The smallest absolute Gasteiger partial charge is 0.340 e. The molecule has 0 radical (unpaired) electrons. The standard InChI is InChI=1S/C40H57N3O11/c1-8-43-18-37(19-53-35(47)22-11-9-10-12-25(22)42-28(44)15-21(4)33(41)45)14-13-27(51-6)39-24-16-23-26(50-5)17-38(48,29(24)30(23)54-34(46)20(2)3)40(49,36(39)43)32(52-7)31(37)39/h9-12,20-21,23-24,26-27,29-32,36,48-49H,8,13-19H2,1-7H3,(H2,41,45)(H,42,44)/t21-,23+,24+,26-,27-,29+,30-,31+,32-,36?,37-,38+,39-,40+/m0/s1. The maximum atomic E-state index is 14.0. The van der Waals surface area contributed by atoms with Gasteiger partial charge in [-0.3, -0.25) is 19.3 Å². The number of methoxy groups -OCH3 is 3. The fourth-order valence-electron chi connectivity index (χ4n) is 12.7. The predicted octanol–water partition coefficient (Wildman–Crippen LogP) is 2.14. The van der Waals surface area contributed by atoms with Crippen LogP contribution in [0.25, 0.3) is 0 Å². The lowest BCUT2D eigenvalue weighted by molar-refractivity contribution is -0.319. The molecule has 1 aromatic rings. The molecule has 0 aromatic heterocycles. The first kappa shape index (κ1) is 39.1. The molecule has 14 nitrogen and oxygen atoms in total. The molecule has 2 amide bonds. The zero-order chi connectivity index (χ0) is 39.1. The van der Waals surface area contributed by atoms with E-state index in [2.05, 4.69) is 10.2 Å². The highest BCUT2D eigenvalue weighted by Gasteiger charge is 2.92. The largest absolute Gasteiger partial charge is 0.461 e. The van der Waals surface area contributed by atoms with Gasteiger partial charge in [0.05, 0.1) is 48.1 Å². The topological polar surface area (TPSA) is 196 Å². The Morgan fingerprint density at radius 3 is 2.41 bits per heavy atom. The number of esters is 2. The number of amides is 2. The molecule has 5 N–H and O–H groups in total. The fourth-order valence-corrected chi connectivity index (χ4v) is 12.7. The number of primary amides is 1. The Kier molecular flexibility index (Phi) is 10.00. The van der Waals surface area contributed by atoms with Gasteiger partial charge in [0.2, 0.25) is 11.8 Å².